The van der Waals surface area contributed by atoms with E-state index in [1.54, 1.807) is 0 Å². The summed E-state index contributed by atoms with van der Waals surface area (Å²) in [4.78, 5) is 22.6. The lowest BCUT2D eigenvalue weighted by molar-refractivity contribution is -0.468. The van der Waals surface area contributed by atoms with E-state index in [0.717, 1.165) is 13.8 Å². The molecule has 1 aliphatic carbocycles. The average Bonchev–Trinajstić information content (AvgIpc) is 2.61. The van der Waals surface area contributed by atoms with Crippen LogP contribution in [0.2, 0.25) is 0 Å². The van der Waals surface area contributed by atoms with Crippen LogP contribution in [0, 0.1) is 0 Å². The number of hydrogen-bond acceptors (Lipinski definition) is 4. The lowest BCUT2D eigenvalue weighted by Gasteiger charge is -2.55. The van der Waals surface area contributed by atoms with E-state index in [2.05, 4.69) is 22.6 Å². The lowest BCUT2D eigenvalue weighted by atomic mass is 9.66. The molecule has 0 radical (unpaired) electrons. The van der Waals surface area contributed by atoms with Crippen molar-refractivity contribution in [3.05, 3.63) is 24.3 Å². The van der Waals surface area contributed by atoms with Gasteiger partial charge in [-0.3, -0.25) is 0 Å². The maximum Gasteiger partial charge on any atom is 0.381 e. The summed E-state index contributed by atoms with van der Waals surface area (Å²) in [6.07, 6.45) is 0. The maximum absolute atomic E-state index is 15.1. The third-order valence-corrected chi connectivity index (χ3v) is 4.31. The van der Waals surface area contributed by atoms with Crippen LogP contribution in [0.4, 0.5) is 43.9 Å². The van der Waals surface area contributed by atoms with Crippen molar-refractivity contribution in [2.75, 3.05) is 13.2 Å². The van der Waals surface area contributed by atoms with Crippen molar-refractivity contribution < 1.29 is 63.0 Å². The Bertz CT molecular complexity index is 714. The molecule has 0 aliphatic heterocycles. The van der Waals surface area contributed by atoms with Crippen LogP contribution in [0.5, 0.6) is 0 Å². The van der Waals surface area contributed by atoms with Gasteiger partial charge in [0.2, 0.25) is 0 Å². The van der Waals surface area contributed by atoms with Crippen LogP contribution in [-0.4, -0.2) is 60.2 Å². The number of rotatable bonds is 6. The van der Waals surface area contributed by atoms with Gasteiger partial charge in [0, 0.05) is 11.1 Å². The van der Waals surface area contributed by atoms with Crippen molar-refractivity contribution in [3.63, 3.8) is 0 Å². The number of ether oxygens (including phenoxy) is 2. The van der Waals surface area contributed by atoms with E-state index in [9.17, 15) is 44.7 Å². The predicted octanol–water partition coefficient (Wildman–Crippen LogP) is 4.20. The fraction of sp³-hybridized carbons (Fsp3) is 0.625. The molecule has 14 heteroatoms. The molecule has 0 spiro atoms. The van der Waals surface area contributed by atoms with Gasteiger partial charge < -0.3 is 9.47 Å². The molecule has 30 heavy (non-hydrogen) atoms. The zero-order valence-electron chi connectivity index (χ0n) is 15.2. The van der Waals surface area contributed by atoms with Gasteiger partial charge in [0.1, 0.15) is 13.2 Å². The molecule has 0 bridgehead atoms. The number of hydrogen-bond donors (Lipinski definition) is 0. The Morgan fingerprint density at radius 3 is 1.03 bits per heavy atom. The predicted molar refractivity (Wildman–Crippen MR) is 79.0 cm³/mol. The molecule has 2 atom stereocenters. The van der Waals surface area contributed by atoms with Crippen molar-refractivity contribution in [1.29, 1.82) is 0 Å². The Kier molecular flexibility index (Phi) is 6.14. The Labute approximate surface area is 162 Å². The first-order chi connectivity index (χ1) is 13.2. The Hall–Kier alpha value is -2.28. The average molecular weight is 460 g/mol. The molecule has 4 nitrogen and oxygen atoms in total. The Morgan fingerprint density at radius 1 is 0.600 bits per heavy atom. The van der Waals surface area contributed by atoms with Gasteiger partial charge in [-0.15, -0.1) is 0 Å². The van der Waals surface area contributed by atoms with Crippen molar-refractivity contribution in [2.24, 2.45) is 0 Å². The third-order valence-electron chi connectivity index (χ3n) is 4.31. The van der Waals surface area contributed by atoms with Crippen LogP contribution in [0.25, 0.3) is 0 Å². The van der Waals surface area contributed by atoms with Crippen LogP contribution in [0.1, 0.15) is 13.8 Å². The first-order valence-electron chi connectivity index (χ1n) is 7.70. The van der Waals surface area contributed by atoms with Crippen LogP contribution < -0.4 is 0 Å². The highest BCUT2D eigenvalue weighted by Crippen LogP contribution is 2.69. The fourth-order valence-corrected chi connectivity index (χ4v) is 2.38. The minimum atomic E-state index is -7.15. The van der Waals surface area contributed by atoms with Crippen LogP contribution in [-0.2, 0) is 19.1 Å². The van der Waals surface area contributed by atoms with Gasteiger partial charge in [-0.25, -0.2) is 18.4 Å². The minimum Gasteiger partial charge on any atom is -0.459 e. The Morgan fingerprint density at radius 2 is 0.833 bits per heavy atom. The quantitative estimate of drug-likeness (QED) is 0.339. The molecule has 0 amide bonds. The van der Waals surface area contributed by atoms with Gasteiger partial charge >= 0.3 is 35.6 Å². The summed E-state index contributed by atoms with van der Waals surface area (Å²) in [6, 6.07) is 0. The molecule has 0 saturated heterocycles. The first-order valence-corrected chi connectivity index (χ1v) is 7.70. The van der Waals surface area contributed by atoms with E-state index in [1.165, 1.54) is 0 Å². The van der Waals surface area contributed by atoms with E-state index < -0.39 is 71.3 Å². The molecular weight excluding hydrogens is 446 g/mol. The molecular formula is C16H14F10O4. The highest BCUT2D eigenvalue weighted by atomic mass is 19.4. The standard InChI is InChI=1S/C16H14F10O4/c1-7(2)9(27)29-5-11(17)12(18,6-30-10(28)8(3)4)14(21,22)16(25,26)15(23,24)13(11,19)20/h1,3,5-6H2,2,4H3. The third kappa shape index (κ3) is 3.06. The molecule has 172 valence electrons. The smallest absolute Gasteiger partial charge is 0.381 e. The minimum absolute atomic E-state index is 0.681. The SMILES string of the molecule is C=C(C)C(=O)OCC1(F)C(F)(F)C(F)(F)C(F)(F)C(F)(F)C1(F)COC(=O)C(=C)C. The summed E-state index contributed by atoms with van der Waals surface area (Å²) < 4.78 is 149. The second kappa shape index (κ2) is 7.15. The zero-order chi connectivity index (χ0) is 24.1. The van der Waals surface area contributed by atoms with Gasteiger partial charge in [-0.1, -0.05) is 13.2 Å². The molecule has 0 aromatic rings. The summed E-state index contributed by atoms with van der Waals surface area (Å²) in [7, 11) is 0. The van der Waals surface area contributed by atoms with E-state index in [4.69, 9.17) is 0 Å². The second-order valence-electron chi connectivity index (χ2n) is 6.61. The number of alkyl halides is 10. The van der Waals surface area contributed by atoms with E-state index >= 15 is 8.78 Å². The normalized spacial score (nSPS) is 30.8. The van der Waals surface area contributed by atoms with E-state index in [1.807, 2.05) is 0 Å². The molecule has 1 rings (SSSR count). The molecule has 0 N–H and O–H groups in total. The van der Waals surface area contributed by atoms with Gasteiger partial charge in [-0.05, 0) is 13.8 Å². The van der Waals surface area contributed by atoms with Crippen molar-refractivity contribution >= 4 is 11.9 Å². The molecule has 1 fully saturated rings. The summed E-state index contributed by atoms with van der Waals surface area (Å²) in [5.41, 5.74) is -13.3. The van der Waals surface area contributed by atoms with Gasteiger partial charge in [0.25, 0.3) is 11.3 Å². The fourth-order valence-electron chi connectivity index (χ4n) is 2.38. The summed E-state index contributed by atoms with van der Waals surface area (Å²) >= 11 is 0. The highest BCUT2D eigenvalue weighted by Gasteiger charge is 3.00. The highest BCUT2D eigenvalue weighted by molar-refractivity contribution is 5.87. The van der Waals surface area contributed by atoms with E-state index in [0.29, 0.717) is 0 Å². The van der Waals surface area contributed by atoms with Crippen LogP contribution in [0.3, 0.4) is 0 Å². The first kappa shape index (κ1) is 25.8. The van der Waals surface area contributed by atoms with Crippen molar-refractivity contribution in [2.45, 2.75) is 48.9 Å². The molecule has 1 saturated carbocycles. The van der Waals surface area contributed by atoms with Crippen molar-refractivity contribution in [1.82, 2.24) is 0 Å². The van der Waals surface area contributed by atoms with Crippen molar-refractivity contribution in [3.8, 4) is 0 Å². The zero-order valence-corrected chi connectivity index (χ0v) is 15.2. The molecule has 0 aromatic carbocycles. The number of carbonyl (C=O) groups excluding carboxylic acids is 2. The van der Waals surface area contributed by atoms with Gasteiger partial charge in [-0.2, -0.15) is 35.1 Å². The summed E-state index contributed by atoms with van der Waals surface area (Å²) in [6.45, 7) is 1.73. The second-order valence-corrected chi connectivity index (χ2v) is 6.61. The number of halogens is 10. The molecule has 1 aliphatic rings. The maximum atomic E-state index is 15.1. The lowest BCUT2D eigenvalue weighted by Crippen LogP contribution is -2.86. The molecule has 2 unspecified atom stereocenters. The van der Waals surface area contributed by atoms with Gasteiger partial charge in [0.05, 0.1) is 0 Å². The topological polar surface area (TPSA) is 52.6 Å². The molecule has 0 aromatic heterocycles. The van der Waals surface area contributed by atoms with E-state index in [-0.39, 0.29) is 0 Å². The summed E-state index contributed by atoms with van der Waals surface area (Å²) in [5, 5.41) is 0. The van der Waals surface area contributed by atoms with Gasteiger partial charge in [0.15, 0.2) is 0 Å². The monoisotopic (exact) mass is 460 g/mol. The Balaban J connectivity index is 3.73. The number of carbonyl (C=O) groups is 2. The summed E-state index contributed by atoms with van der Waals surface area (Å²) in [5.74, 6) is -31.7. The van der Waals surface area contributed by atoms with Crippen LogP contribution >= 0.6 is 0 Å². The molecule has 0 heterocycles. The van der Waals surface area contributed by atoms with Crippen LogP contribution in [0.15, 0.2) is 24.3 Å². The largest absolute Gasteiger partial charge is 0.459 e. The number of esters is 2.